The first-order valence-electron chi connectivity index (χ1n) is 9.48. The van der Waals surface area contributed by atoms with Crippen LogP contribution >= 0.6 is 39.0 Å². The molecular weight excluding hydrogens is 456 g/mol. The molecule has 2 heterocycles. The Morgan fingerprint density at radius 2 is 2.07 bits per heavy atom. The minimum absolute atomic E-state index is 0.545. The van der Waals surface area contributed by atoms with Crippen LogP contribution in [0.5, 0.6) is 5.75 Å². The first-order valence-corrected chi connectivity index (χ1v) is 12.1. The van der Waals surface area contributed by atoms with Crippen LogP contribution in [0.15, 0.2) is 33.2 Å². The van der Waals surface area contributed by atoms with Crippen molar-refractivity contribution in [3.05, 3.63) is 39.6 Å². The summed E-state index contributed by atoms with van der Waals surface area (Å²) in [4.78, 5) is 4.83. The van der Waals surface area contributed by atoms with Crippen molar-refractivity contribution in [1.82, 2.24) is 19.7 Å². The molecule has 5 nitrogen and oxygen atoms in total. The number of halogens is 1. The van der Waals surface area contributed by atoms with Crippen molar-refractivity contribution < 1.29 is 4.74 Å². The van der Waals surface area contributed by atoms with Gasteiger partial charge in [-0.3, -0.25) is 0 Å². The Bertz CT molecular complexity index is 950. The Balaban J connectivity index is 1.50. The number of hydrogen-bond acceptors (Lipinski definition) is 6. The van der Waals surface area contributed by atoms with Crippen molar-refractivity contribution >= 4 is 39.0 Å². The van der Waals surface area contributed by atoms with Gasteiger partial charge in [-0.1, -0.05) is 47.0 Å². The van der Waals surface area contributed by atoms with Gasteiger partial charge in [-0.2, -0.15) is 0 Å². The molecule has 2 aromatic heterocycles. The Labute approximate surface area is 182 Å². The number of thioether (sulfide) groups is 1. The van der Waals surface area contributed by atoms with Gasteiger partial charge in [-0.15, -0.1) is 21.5 Å². The van der Waals surface area contributed by atoms with E-state index in [0.717, 1.165) is 43.2 Å². The zero-order valence-corrected chi connectivity index (χ0v) is 19.2. The van der Waals surface area contributed by atoms with Gasteiger partial charge in [-0.25, -0.2) is 4.98 Å². The van der Waals surface area contributed by atoms with E-state index >= 15 is 0 Å². The number of rotatable bonds is 6. The number of ether oxygens (including phenoxy) is 1. The summed E-state index contributed by atoms with van der Waals surface area (Å²) in [6.07, 6.45) is 6.42. The van der Waals surface area contributed by atoms with E-state index in [1.54, 1.807) is 30.2 Å². The second kappa shape index (κ2) is 8.97. The molecule has 0 N–H and O–H groups in total. The number of hydrogen-bond donors (Lipinski definition) is 0. The van der Waals surface area contributed by atoms with E-state index in [-0.39, 0.29) is 0 Å². The zero-order chi connectivity index (χ0) is 19.5. The van der Waals surface area contributed by atoms with E-state index in [4.69, 9.17) is 9.72 Å². The summed E-state index contributed by atoms with van der Waals surface area (Å²) in [5.74, 6) is 2.65. The molecule has 148 valence electrons. The van der Waals surface area contributed by atoms with Gasteiger partial charge in [0.15, 0.2) is 5.16 Å². The van der Waals surface area contributed by atoms with Gasteiger partial charge < -0.3 is 9.30 Å². The van der Waals surface area contributed by atoms with Gasteiger partial charge >= 0.3 is 0 Å². The molecular formula is C20H23BrN4OS2. The van der Waals surface area contributed by atoms with Crippen LogP contribution in [0.2, 0.25) is 0 Å². The second-order valence-corrected chi connectivity index (χ2v) is 9.69. The first-order chi connectivity index (χ1) is 13.7. The van der Waals surface area contributed by atoms with Crippen LogP contribution in [0.3, 0.4) is 0 Å². The van der Waals surface area contributed by atoms with E-state index in [0.29, 0.717) is 6.04 Å². The maximum atomic E-state index is 5.50. The highest BCUT2D eigenvalue weighted by Gasteiger charge is 2.21. The molecule has 0 unspecified atom stereocenters. The van der Waals surface area contributed by atoms with Crippen LogP contribution < -0.4 is 4.74 Å². The molecule has 0 radical (unpaired) electrons. The largest absolute Gasteiger partial charge is 0.496 e. The van der Waals surface area contributed by atoms with Crippen LogP contribution in [0.4, 0.5) is 0 Å². The number of nitrogens with zero attached hydrogens (tertiary/aromatic N) is 4. The van der Waals surface area contributed by atoms with Crippen molar-refractivity contribution in [1.29, 1.82) is 0 Å². The zero-order valence-electron chi connectivity index (χ0n) is 16.0. The van der Waals surface area contributed by atoms with E-state index in [2.05, 4.69) is 49.1 Å². The number of aromatic nitrogens is 4. The Hall–Kier alpha value is -1.38. The van der Waals surface area contributed by atoms with Gasteiger partial charge in [0, 0.05) is 21.6 Å². The summed E-state index contributed by atoms with van der Waals surface area (Å²) in [5, 5.41) is 12.9. The van der Waals surface area contributed by atoms with Gasteiger partial charge in [0.05, 0.1) is 18.4 Å². The number of benzene rings is 1. The lowest BCUT2D eigenvalue weighted by atomic mass is 9.95. The molecule has 4 rings (SSSR count). The maximum absolute atomic E-state index is 5.50. The number of aryl methyl sites for hydroxylation is 1. The topological polar surface area (TPSA) is 52.8 Å². The molecule has 0 spiro atoms. The summed E-state index contributed by atoms with van der Waals surface area (Å²) < 4.78 is 8.86. The average molecular weight is 479 g/mol. The third kappa shape index (κ3) is 4.28. The normalized spacial score (nSPS) is 15.1. The van der Waals surface area contributed by atoms with Crippen LogP contribution in [0.25, 0.3) is 10.6 Å². The van der Waals surface area contributed by atoms with Gasteiger partial charge in [0.1, 0.15) is 16.6 Å². The SMILES string of the molecule is COc1ccc(Br)cc1-c1nc(CSc2nnc(C)n2C2CCCCC2)cs1. The van der Waals surface area contributed by atoms with Crippen LogP contribution in [0.1, 0.15) is 49.7 Å². The molecule has 3 aromatic rings. The third-order valence-electron chi connectivity index (χ3n) is 5.07. The maximum Gasteiger partial charge on any atom is 0.191 e. The minimum Gasteiger partial charge on any atom is -0.496 e. The molecule has 0 aliphatic heterocycles. The van der Waals surface area contributed by atoms with Crippen LogP contribution in [0, 0.1) is 6.92 Å². The highest BCUT2D eigenvalue weighted by atomic mass is 79.9. The smallest absolute Gasteiger partial charge is 0.191 e. The van der Waals surface area contributed by atoms with Crippen molar-refractivity contribution in [2.24, 2.45) is 0 Å². The highest BCUT2D eigenvalue weighted by molar-refractivity contribution is 9.10. The van der Waals surface area contributed by atoms with Crippen LogP contribution in [-0.2, 0) is 5.75 Å². The molecule has 1 fully saturated rings. The quantitative estimate of drug-likeness (QED) is 0.390. The molecule has 1 aromatic carbocycles. The van der Waals surface area contributed by atoms with E-state index in [1.165, 1.54) is 32.1 Å². The van der Waals surface area contributed by atoms with Crippen LogP contribution in [-0.4, -0.2) is 26.9 Å². The fourth-order valence-corrected chi connectivity index (χ4v) is 5.94. The van der Waals surface area contributed by atoms with Gasteiger partial charge in [-0.05, 0) is 38.0 Å². The molecule has 0 bridgehead atoms. The summed E-state index contributed by atoms with van der Waals surface area (Å²) >= 11 is 6.91. The molecule has 28 heavy (non-hydrogen) atoms. The molecule has 1 aliphatic rings. The third-order valence-corrected chi connectivity index (χ3v) is 7.46. The number of thiazole rings is 1. The summed E-state index contributed by atoms with van der Waals surface area (Å²) in [6, 6.07) is 6.54. The lowest BCUT2D eigenvalue weighted by Gasteiger charge is -2.24. The van der Waals surface area contributed by atoms with Gasteiger partial charge in [0.2, 0.25) is 0 Å². The molecule has 1 saturated carbocycles. The minimum atomic E-state index is 0.545. The summed E-state index contributed by atoms with van der Waals surface area (Å²) in [7, 11) is 1.69. The van der Waals surface area contributed by atoms with E-state index in [1.807, 2.05) is 12.1 Å². The predicted molar refractivity (Wildman–Crippen MR) is 118 cm³/mol. The monoisotopic (exact) mass is 478 g/mol. The lowest BCUT2D eigenvalue weighted by Crippen LogP contribution is -2.15. The fourth-order valence-electron chi connectivity index (χ4n) is 3.69. The fraction of sp³-hybridized carbons (Fsp3) is 0.450. The molecule has 1 aliphatic carbocycles. The Morgan fingerprint density at radius 1 is 1.25 bits per heavy atom. The first kappa shape index (κ1) is 19.9. The van der Waals surface area contributed by atoms with Crippen molar-refractivity contribution in [2.45, 2.75) is 56.0 Å². The molecule has 8 heteroatoms. The van der Waals surface area contributed by atoms with Gasteiger partial charge in [0.25, 0.3) is 0 Å². The van der Waals surface area contributed by atoms with E-state index in [9.17, 15) is 0 Å². The van der Waals surface area contributed by atoms with E-state index < -0.39 is 0 Å². The standard InChI is InChI=1S/C20H23BrN4OS2/c1-13-23-24-20(25(13)16-6-4-3-5-7-16)28-12-15-11-27-19(22-15)17-10-14(21)8-9-18(17)26-2/h8-11,16H,3-7,12H2,1-2H3. The van der Waals surface area contributed by atoms with Crippen molar-refractivity contribution in [2.75, 3.05) is 7.11 Å². The predicted octanol–water partition coefficient (Wildman–Crippen LogP) is 6.28. The van der Waals surface area contributed by atoms with Crippen molar-refractivity contribution in [3.8, 4) is 16.3 Å². The molecule has 0 amide bonds. The summed E-state index contributed by atoms with van der Waals surface area (Å²) in [6.45, 7) is 2.06. The molecule has 0 saturated heterocycles. The lowest BCUT2D eigenvalue weighted by molar-refractivity contribution is 0.332. The highest BCUT2D eigenvalue weighted by Crippen LogP contribution is 2.36. The number of methoxy groups -OCH3 is 1. The molecule has 0 atom stereocenters. The summed E-state index contributed by atoms with van der Waals surface area (Å²) in [5.41, 5.74) is 2.07. The van der Waals surface area contributed by atoms with Crippen molar-refractivity contribution in [3.63, 3.8) is 0 Å². The average Bonchev–Trinajstić information content (AvgIpc) is 3.33. The Kier molecular flexibility index (Phi) is 6.38. The Morgan fingerprint density at radius 3 is 2.86 bits per heavy atom. The second-order valence-electron chi connectivity index (χ2n) is 6.97.